The Morgan fingerprint density at radius 3 is 2.80 bits per heavy atom. The lowest BCUT2D eigenvalue weighted by Crippen LogP contribution is -1.91. The van der Waals surface area contributed by atoms with Crippen LogP contribution in [0.2, 0.25) is 5.15 Å². The first-order valence-electron chi connectivity index (χ1n) is 6.00. The van der Waals surface area contributed by atoms with E-state index >= 15 is 0 Å². The van der Waals surface area contributed by atoms with Crippen molar-refractivity contribution in [2.75, 3.05) is 0 Å². The number of benzene rings is 1. The molecule has 3 aromatic rings. The minimum absolute atomic E-state index is 0.331. The maximum Gasteiger partial charge on any atom is 0.171 e. The van der Waals surface area contributed by atoms with Crippen LogP contribution in [0.3, 0.4) is 0 Å². The van der Waals surface area contributed by atoms with E-state index < -0.39 is 0 Å². The molecule has 2 nitrogen and oxygen atoms in total. The molecule has 0 saturated heterocycles. The first kappa shape index (κ1) is 13.9. The van der Waals surface area contributed by atoms with Gasteiger partial charge in [-0.15, -0.1) is 11.3 Å². The maximum absolute atomic E-state index is 13.6. The highest BCUT2D eigenvalue weighted by atomic mass is 79.9. The van der Waals surface area contributed by atoms with E-state index in [0.29, 0.717) is 26.4 Å². The topological polar surface area (TPSA) is 25.8 Å². The largest absolute Gasteiger partial charge is 0.227 e. The normalized spacial score (nSPS) is 11.2. The summed E-state index contributed by atoms with van der Waals surface area (Å²) in [7, 11) is 0. The molecule has 0 radical (unpaired) electrons. The predicted molar refractivity (Wildman–Crippen MR) is 84.9 cm³/mol. The van der Waals surface area contributed by atoms with Gasteiger partial charge in [0.1, 0.15) is 11.0 Å². The third-order valence-electron chi connectivity index (χ3n) is 2.92. The third-order valence-corrected chi connectivity index (χ3v) is 5.04. The van der Waals surface area contributed by atoms with E-state index in [4.69, 9.17) is 11.6 Å². The molecule has 20 heavy (non-hydrogen) atoms. The quantitative estimate of drug-likeness (QED) is 0.558. The van der Waals surface area contributed by atoms with Crippen LogP contribution in [0.5, 0.6) is 0 Å². The zero-order valence-electron chi connectivity index (χ0n) is 10.5. The summed E-state index contributed by atoms with van der Waals surface area (Å²) in [4.78, 5) is 10.9. The molecule has 0 aliphatic rings. The molecular weight excluding hydrogens is 363 g/mol. The number of rotatable bonds is 2. The van der Waals surface area contributed by atoms with Gasteiger partial charge in [0, 0.05) is 16.3 Å². The fourth-order valence-corrected chi connectivity index (χ4v) is 3.34. The molecule has 1 aromatic carbocycles. The molecule has 0 bridgehead atoms. The van der Waals surface area contributed by atoms with Gasteiger partial charge in [-0.3, -0.25) is 0 Å². The summed E-state index contributed by atoms with van der Waals surface area (Å²) in [6.45, 7) is 2.09. The van der Waals surface area contributed by atoms with E-state index in [9.17, 15) is 4.39 Å². The second kappa shape index (κ2) is 5.39. The van der Waals surface area contributed by atoms with Crippen molar-refractivity contribution >= 4 is 49.8 Å². The number of halogens is 3. The minimum Gasteiger partial charge on any atom is -0.227 e. The number of aryl methyl sites for hydroxylation is 1. The average molecular weight is 372 g/mol. The summed E-state index contributed by atoms with van der Waals surface area (Å²) in [5, 5.41) is 0.966. The maximum atomic E-state index is 13.6. The number of hydrogen-bond donors (Lipinski definition) is 0. The van der Waals surface area contributed by atoms with Crippen LogP contribution in [-0.2, 0) is 6.42 Å². The molecule has 0 atom stereocenters. The van der Waals surface area contributed by atoms with Crippen LogP contribution < -0.4 is 0 Å². The number of hydrogen-bond acceptors (Lipinski definition) is 3. The fourth-order valence-electron chi connectivity index (χ4n) is 1.88. The molecule has 0 saturated carbocycles. The van der Waals surface area contributed by atoms with E-state index in [2.05, 4.69) is 32.8 Å². The van der Waals surface area contributed by atoms with Crippen molar-refractivity contribution in [3.63, 3.8) is 0 Å². The summed E-state index contributed by atoms with van der Waals surface area (Å²) >= 11 is 11.0. The number of fused-ring (bicyclic) bond motifs is 1. The van der Waals surface area contributed by atoms with Gasteiger partial charge in [0.15, 0.2) is 5.82 Å². The van der Waals surface area contributed by atoms with Crippen molar-refractivity contribution in [1.82, 2.24) is 9.97 Å². The predicted octanol–water partition coefficient (Wildman–Crippen LogP) is 5.48. The van der Waals surface area contributed by atoms with Crippen molar-refractivity contribution in [2.24, 2.45) is 0 Å². The van der Waals surface area contributed by atoms with Crippen LogP contribution in [0, 0.1) is 5.82 Å². The van der Waals surface area contributed by atoms with Gasteiger partial charge in [-0.05, 0) is 40.5 Å². The smallest absolute Gasteiger partial charge is 0.171 e. The Morgan fingerprint density at radius 1 is 1.30 bits per heavy atom. The Hall–Kier alpha value is -1.04. The van der Waals surface area contributed by atoms with Gasteiger partial charge >= 0.3 is 0 Å². The highest BCUT2D eigenvalue weighted by Crippen LogP contribution is 2.31. The number of aromatic nitrogens is 2. The SMILES string of the molecule is CCc1ccc(-c2nc(Cl)c3cc(Br)c(F)cc3n2)s1. The first-order valence-corrected chi connectivity index (χ1v) is 7.98. The monoisotopic (exact) mass is 370 g/mol. The highest BCUT2D eigenvalue weighted by molar-refractivity contribution is 9.10. The molecule has 2 aromatic heterocycles. The summed E-state index contributed by atoms with van der Waals surface area (Å²) in [6.07, 6.45) is 0.966. The van der Waals surface area contributed by atoms with Gasteiger partial charge in [-0.1, -0.05) is 18.5 Å². The molecule has 2 heterocycles. The zero-order valence-corrected chi connectivity index (χ0v) is 13.6. The van der Waals surface area contributed by atoms with E-state index in [1.807, 2.05) is 12.1 Å². The molecule has 6 heteroatoms. The van der Waals surface area contributed by atoms with Gasteiger partial charge in [0.05, 0.1) is 14.9 Å². The molecule has 0 amide bonds. The van der Waals surface area contributed by atoms with Crippen LogP contribution in [0.25, 0.3) is 21.6 Å². The summed E-state index contributed by atoms with van der Waals surface area (Å²) in [5.41, 5.74) is 0.507. The molecule has 0 aliphatic carbocycles. The fraction of sp³-hybridized carbons (Fsp3) is 0.143. The average Bonchev–Trinajstić information content (AvgIpc) is 2.90. The Kier molecular flexibility index (Phi) is 3.75. The number of nitrogens with zero attached hydrogens (tertiary/aromatic N) is 2. The molecular formula is C14H9BrClFN2S. The lowest BCUT2D eigenvalue weighted by atomic mass is 10.2. The number of thiophene rings is 1. The Morgan fingerprint density at radius 2 is 2.10 bits per heavy atom. The van der Waals surface area contributed by atoms with E-state index in [-0.39, 0.29) is 5.82 Å². The molecule has 0 N–H and O–H groups in total. The van der Waals surface area contributed by atoms with Gasteiger partial charge in [-0.2, -0.15) is 0 Å². The highest BCUT2D eigenvalue weighted by Gasteiger charge is 2.12. The first-order chi connectivity index (χ1) is 9.58. The second-order valence-corrected chi connectivity index (χ2v) is 6.62. The van der Waals surface area contributed by atoms with Gasteiger partial charge in [0.2, 0.25) is 0 Å². The van der Waals surface area contributed by atoms with Gasteiger partial charge < -0.3 is 0 Å². The van der Waals surface area contributed by atoms with Crippen molar-refractivity contribution in [3.05, 3.63) is 44.6 Å². The minimum atomic E-state index is -0.362. The van der Waals surface area contributed by atoms with Crippen molar-refractivity contribution in [2.45, 2.75) is 13.3 Å². The van der Waals surface area contributed by atoms with E-state index in [1.165, 1.54) is 10.9 Å². The Balaban J connectivity index is 2.20. The van der Waals surface area contributed by atoms with Crippen LogP contribution in [0.4, 0.5) is 4.39 Å². The molecule has 3 rings (SSSR count). The summed E-state index contributed by atoms with van der Waals surface area (Å²) < 4.78 is 14.0. The summed E-state index contributed by atoms with van der Waals surface area (Å²) in [5.74, 6) is 0.174. The van der Waals surface area contributed by atoms with Crippen LogP contribution in [0.15, 0.2) is 28.7 Å². The van der Waals surface area contributed by atoms with Gasteiger partial charge in [-0.25, -0.2) is 14.4 Å². The lowest BCUT2D eigenvalue weighted by Gasteiger charge is -2.04. The van der Waals surface area contributed by atoms with Crippen LogP contribution >= 0.6 is 38.9 Å². The van der Waals surface area contributed by atoms with E-state index in [0.717, 1.165) is 11.3 Å². The van der Waals surface area contributed by atoms with Crippen LogP contribution in [-0.4, -0.2) is 9.97 Å². The van der Waals surface area contributed by atoms with Crippen molar-refractivity contribution in [1.29, 1.82) is 0 Å². The van der Waals surface area contributed by atoms with Gasteiger partial charge in [0.25, 0.3) is 0 Å². The summed E-state index contributed by atoms with van der Waals surface area (Å²) in [6, 6.07) is 6.98. The molecule has 0 aliphatic heterocycles. The Bertz CT molecular complexity index is 803. The lowest BCUT2D eigenvalue weighted by molar-refractivity contribution is 0.623. The van der Waals surface area contributed by atoms with Crippen molar-refractivity contribution in [3.8, 4) is 10.7 Å². The van der Waals surface area contributed by atoms with Crippen molar-refractivity contribution < 1.29 is 4.39 Å². The van der Waals surface area contributed by atoms with Crippen LogP contribution in [0.1, 0.15) is 11.8 Å². The standard InChI is InChI=1S/C14H9BrClFN2S/c1-2-7-3-4-12(20-7)14-18-11-6-10(17)9(15)5-8(11)13(16)19-14/h3-6H,2H2,1H3. The Labute approximate surface area is 132 Å². The molecule has 0 unspecified atom stereocenters. The molecule has 102 valence electrons. The zero-order chi connectivity index (χ0) is 14.3. The second-order valence-electron chi connectivity index (χ2n) is 4.24. The molecule has 0 fully saturated rings. The third kappa shape index (κ3) is 2.45. The van der Waals surface area contributed by atoms with E-state index in [1.54, 1.807) is 17.4 Å². The molecule has 0 spiro atoms.